The molecule has 1 aromatic rings. The second kappa shape index (κ2) is 3.82. The van der Waals surface area contributed by atoms with E-state index in [0.29, 0.717) is 6.10 Å². The van der Waals surface area contributed by atoms with E-state index in [4.69, 9.17) is 9.15 Å². The minimum atomic E-state index is 0.415. The number of likely N-dealkylation sites (tertiary alicyclic amines) is 1. The fourth-order valence-corrected chi connectivity index (χ4v) is 1.80. The summed E-state index contributed by atoms with van der Waals surface area (Å²) in [6.45, 7) is 2.90. The van der Waals surface area contributed by atoms with Gasteiger partial charge in [0, 0.05) is 20.2 Å². The third kappa shape index (κ3) is 2.13. The average molecular weight is 246 g/mol. The maximum Gasteiger partial charge on any atom is 0.169 e. The molecule has 0 radical (unpaired) electrons. The molecule has 0 bridgehead atoms. The van der Waals surface area contributed by atoms with Crippen molar-refractivity contribution in [3.05, 3.63) is 22.6 Å². The van der Waals surface area contributed by atoms with Gasteiger partial charge in [-0.15, -0.1) is 0 Å². The molecule has 2 rings (SSSR count). The van der Waals surface area contributed by atoms with E-state index in [9.17, 15) is 0 Å². The number of rotatable bonds is 3. The lowest BCUT2D eigenvalue weighted by Crippen LogP contribution is -2.50. The summed E-state index contributed by atoms with van der Waals surface area (Å²) >= 11 is 3.28. The van der Waals surface area contributed by atoms with Crippen molar-refractivity contribution in [1.29, 1.82) is 0 Å². The van der Waals surface area contributed by atoms with E-state index < -0.39 is 0 Å². The summed E-state index contributed by atoms with van der Waals surface area (Å²) in [4.78, 5) is 2.29. The lowest BCUT2D eigenvalue weighted by atomic mass is 10.1. The van der Waals surface area contributed by atoms with E-state index in [-0.39, 0.29) is 0 Å². The van der Waals surface area contributed by atoms with Crippen molar-refractivity contribution in [2.45, 2.75) is 12.6 Å². The maximum absolute atomic E-state index is 5.39. The van der Waals surface area contributed by atoms with E-state index in [1.165, 1.54) is 0 Å². The summed E-state index contributed by atoms with van der Waals surface area (Å²) in [5, 5.41) is 0. The lowest BCUT2D eigenvalue weighted by molar-refractivity contribution is -0.0360. The summed E-state index contributed by atoms with van der Waals surface area (Å²) in [6.07, 6.45) is 0.415. The number of halogens is 1. The van der Waals surface area contributed by atoms with E-state index >= 15 is 0 Å². The van der Waals surface area contributed by atoms with Gasteiger partial charge in [-0.25, -0.2) is 0 Å². The molecule has 0 aromatic carbocycles. The molecule has 0 amide bonds. The molecule has 2 heterocycles. The van der Waals surface area contributed by atoms with Gasteiger partial charge in [0.2, 0.25) is 0 Å². The number of methoxy groups -OCH3 is 1. The van der Waals surface area contributed by atoms with Crippen molar-refractivity contribution >= 4 is 15.9 Å². The molecule has 72 valence electrons. The highest BCUT2D eigenvalue weighted by Gasteiger charge is 2.26. The highest BCUT2D eigenvalue weighted by atomic mass is 79.9. The first-order valence-corrected chi connectivity index (χ1v) is 5.06. The van der Waals surface area contributed by atoms with Gasteiger partial charge < -0.3 is 9.15 Å². The van der Waals surface area contributed by atoms with Crippen molar-refractivity contribution in [2.75, 3.05) is 20.2 Å². The molecule has 3 nitrogen and oxygen atoms in total. The molecule has 0 atom stereocenters. The zero-order valence-electron chi connectivity index (χ0n) is 7.50. The maximum atomic E-state index is 5.39. The first-order chi connectivity index (χ1) is 6.28. The van der Waals surface area contributed by atoms with Gasteiger partial charge in [0.05, 0.1) is 12.6 Å². The monoisotopic (exact) mass is 245 g/mol. The summed E-state index contributed by atoms with van der Waals surface area (Å²) in [5.41, 5.74) is 0. The molecule has 0 saturated carbocycles. The molecular weight excluding hydrogens is 234 g/mol. The minimum Gasteiger partial charge on any atom is -0.453 e. The Morgan fingerprint density at radius 3 is 2.92 bits per heavy atom. The predicted octanol–water partition coefficient (Wildman–Crippen LogP) is 1.87. The smallest absolute Gasteiger partial charge is 0.169 e. The summed E-state index contributed by atoms with van der Waals surface area (Å²) < 4.78 is 11.4. The van der Waals surface area contributed by atoms with Crippen LogP contribution in [-0.2, 0) is 11.3 Å². The Balaban J connectivity index is 1.81. The lowest BCUT2D eigenvalue weighted by Gasteiger charge is -2.37. The Morgan fingerprint density at radius 1 is 1.62 bits per heavy atom. The van der Waals surface area contributed by atoms with E-state index in [1.807, 2.05) is 12.1 Å². The number of nitrogens with zero attached hydrogens (tertiary/aromatic N) is 1. The molecule has 4 heteroatoms. The highest BCUT2D eigenvalue weighted by Crippen LogP contribution is 2.19. The fraction of sp³-hybridized carbons (Fsp3) is 0.556. The van der Waals surface area contributed by atoms with Crippen LogP contribution in [0, 0.1) is 0 Å². The van der Waals surface area contributed by atoms with Crippen LogP contribution in [0.3, 0.4) is 0 Å². The Hall–Kier alpha value is -0.320. The van der Waals surface area contributed by atoms with Gasteiger partial charge in [-0.1, -0.05) is 0 Å². The van der Waals surface area contributed by atoms with Gasteiger partial charge in [-0.2, -0.15) is 0 Å². The zero-order valence-corrected chi connectivity index (χ0v) is 9.08. The number of hydrogen-bond donors (Lipinski definition) is 0. The van der Waals surface area contributed by atoms with Gasteiger partial charge in [0.25, 0.3) is 0 Å². The molecule has 0 spiro atoms. The Morgan fingerprint density at radius 2 is 2.38 bits per heavy atom. The second-order valence-corrected chi connectivity index (χ2v) is 4.04. The molecule has 0 N–H and O–H groups in total. The van der Waals surface area contributed by atoms with Crippen molar-refractivity contribution in [2.24, 2.45) is 0 Å². The fourth-order valence-electron chi connectivity index (χ4n) is 1.46. The van der Waals surface area contributed by atoms with Gasteiger partial charge in [-0.3, -0.25) is 4.90 Å². The number of hydrogen-bond acceptors (Lipinski definition) is 3. The average Bonchev–Trinajstić information content (AvgIpc) is 2.43. The van der Waals surface area contributed by atoms with E-state index in [1.54, 1.807) is 7.11 Å². The molecule has 1 saturated heterocycles. The molecule has 0 aliphatic carbocycles. The van der Waals surface area contributed by atoms with Crippen LogP contribution in [0.5, 0.6) is 0 Å². The quantitative estimate of drug-likeness (QED) is 0.814. The first-order valence-electron chi connectivity index (χ1n) is 4.27. The summed E-state index contributed by atoms with van der Waals surface area (Å²) in [6, 6.07) is 3.91. The van der Waals surface area contributed by atoms with Gasteiger partial charge in [0.1, 0.15) is 5.76 Å². The predicted molar refractivity (Wildman–Crippen MR) is 52.5 cm³/mol. The first kappa shape index (κ1) is 9.24. The van der Waals surface area contributed by atoms with Crippen LogP contribution < -0.4 is 0 Å². The largest absolute Gasteiger partial charge is 0.453 e. The normalized spacial score (nSPS) is 18.9. The number of ether oxygens (including phenoxy) is 1. The third-order valence-electron chi connectivity index (χ3n) is 2.27. The Bertz CT molecular complexity index is 281. The Labute approximate surface area is 85.8 Å². The van der Waals surface area contributed by atoms with Gasteiger partial charge in [0.15, 0.2) is 4.67 Å². The summed E-state index contributed by atoms with van der Waals surface area (Å²) in [7, 11) is 1.76. The summed E-state index contributed by atoms with van der Waals surface area (Å²) in [5.74, 6) is 1.00. The minimum absolute atomic E-state index is 0.415. The molecule has 13 heavy (non-hydrogen) atoms. The van der Waals surface area contributed by atoms with E-state index in [0.717, 1.165) is 30.1 Å². The van der Waals surface area contributed by atoms with Crippen molar-refractivity contribution in [3.8, 4) is 0 Å². The van der Waals surface area contributed by atoms with Crippen molar-refractivity contribution in [3.63, 3.8) is 0 Å². The SMILES string of the molecule is COC1CN(Cc2ccc(Br)o2)C1. The van der Waals surface area contributed by atoms with Crippen LogP contribution in [0.25, 0.3) is 0 Å². The molecule has 1 fully saturated rings. The molecule has 1 aliphatic rings. The van der Waals surface area contributed by atoms with Crippen LogP contribution in [0.2, 0.25) is 0 Å². The standard InChI is InChI=1S/C9H12BrNO2/c1-12-8-5-11(6-8)4-7-2-3-9(10)13-7/h2-3,8H,4-6H2,1H3. The number of furan rings is 1. The van der Waals surface area contributed by atoms with Crippen LogP contribution in [-0.4, -0.2) is 31.2 Å². The highest BCUT2D eigenvalue weighted by molar-refractivity contribution is 9.10. The van der Waals surface area contributed by atoms with E-state index in [2.05, 4.69) is 20.8 Å². The van der Waals surface area contributed by atoms with Gasteiger partial charge in [-0.05, 0) is 28.1 Å². The van der Waals surface area contributed by atoms with Crippen molar-refractivity contribution in [1.82, 2.24) is 4.90 Å². The third-order valence-corrected chi connectivity index (χ3v) is 2.69. The van der Waals surface area contributed by atoms with Crippen LogP contribution in [0.4, 0.5) is 0 Å². The zero-order chi connectivity index (χ0) is 9.26. The molecule has 0 unspecified atom stereocenters. The van der Waals surface area contributed by atoms with Gasteiger partial charge >= 0.3 is 0 Å². The molecule has 1 aliphatic heterocycles. The van der Waals surface area contributed by atoms with Crippen LogP contribution in [0.1, 0.15) is 5.76 Å². The molecule has 1 aromatic heterocycles. The van der Waals surface area contributed by atoms with Crippen LogP contribution >= 0.6 is 15.9 Å². The Kier molecular flexibility index (Phi) is 2.71. The topological polar surface area (TPSA) is 25.6 Å². The van der Waals surface area contributed by atoms with Crippen molar-refractivity contribution < 1.29 is 9.15 Å². The van der Waals surface area contributed by atoms with Crippen LogP contribution in [0.15, 0.2) is 21.2 Å². The molecular formula is C9H12BrNO2. The second-order valence-electron chi connectivity index (χ2n) is 3.26.